The number of hydrogen-bond donors (Lipinski definition) is 2. The first kappa shape index (κ1) is 9.87. The fourth-order valence-electron chi connectivity index (χ4n) is 1.79. The number of aromatic hydroxyl groups is 1. The van der Waals surface area contributed by atoms with Gasteiger partial charge in [0.1, 0.15) is 5.75 Å². The summed E-state index contributed by atoms with van der Waals surface area (Å²) >= 11 is 1.74. The van der Waals surface area contributed by atoms with Gasteiger partial charge in [-0.3, -0.25) is 0 Å². The molecule has 76 valence electrons. The van der Waals surface area contributed by atoms with Crippen molar-refractivity contribution < 1.29 is 10.2 Å². The molecule has 0 amide bonds. The van der Waals surface area contributed by atoms with Crippen LogP contribution >= 0.6 is 11.8 Å². The van der Waals surface area contributed by atoms with Crippen LogP contribution in [-0.4, -0.2) is 21.6 Å². The van der Waals surface area contributed by atoms with Gasteiger partial charge in [0, 0.05) is 16.6 Å². The Kier molecular flexibility index (Phi) is 2.24. The molecular weight excluding hydrogens is 196 g/mol. The molecule has 14 heavy (non-hydrogen) atoms. The van der Waals surface area contributed by atoms with Crippen LogP contribution in [0.25, 0.3) is 0 Å². The number of phenols is 1. The predicted octanol–water partition coefficient (Wildman–Crippen LogP) is 2.35. The second-order valence-electron chi connectivity index (χ2n) is 4.24. The topological polar surface area (TPSA) is 40.5 Å². The van der Waals surface area contributed by atoms with Crippen molar-refractivity contribution in [1.82, 2.24) is 0 Å². The second-order valence-corrected chi connectivity index (χ2v) is 5.30. The van der Waals surface area contributed by atoms with Gasteiger partial charge in [-0.15, -0.1) is 11.8 Å². The first-order valence-electron chi connectivity index (χ1n) is 4.66. The van der Waals surface area contributed by atoms with Crippen LogP contribution in [0.5, 0.6) is 5.75 Å². The molecule has 1 unspecified atom stereocenters. The highest BCUT2D eigenvalue weighted by molar-refractivity contribution is 7.99. The van der Waals surface area contributed by atoms with E-state index in [-0.39, 0.29) is 11.7 Å². The Morgan fingerprint density at radius 2 is 2.14 bits per heavy atom. The highest BCUT2D eigenvalue weighted by Gasteiger charge is 2.34. The Morgan fingerprint density at radius 3 is 2.79 bits per heavy atom. The van der Waals surface area contributed by atoms with Gasteiger partial charge in [0.25, 0.3) is 0 Å². The summed E-state index contributed by atoms with van der Waals surface area (Å²) in [6, 6.07) is 5.37. The number of rotatable bonds is 1. The van der Waals surface area contributed by atoms with Gasteiger partial charge in [-0.05, 0) is 37.6 Å². The molecule has 2 N–H and O–H groups in total. The summed E-state index contributed by atoms with van der Waals surface area (Å²) in [5, 5.41) is 19.3. The minimum absolute atomic E-state index is 0.120. The summed E-state index contributed by atoms with van der Waals surface area (Å²) < 4.78 is 0. The monoisotopic (exact) mass is 210 g/mol. The van der Waals surface area contributed by atoms with Crippen LogP contribution in [0.2, 0.25) is 0 Å². The standard InChI is InChI=1S/C11H14O2S/c1-11(2,13)9-6-14-10-4-3-7(12)5-8(9)10/h3-5,9,12-13H,6H2,1-2H3. The Balaban J connectivity index is 2.43. The summed E-state index contributed by atoms with van der Waals surface area (Å²) in [6.07, 6.45) is 0. The third-order valence-corrected chi connectivity index (χ3v) is 3.81. The number of hydrogen-bond acceptors (Lipinski definition) is 3. The zero-order valence-corrected chi connectivity index (χ0v) is 9.14. The van der Waals surface area contributed by atoms with Crippen LogP contribution in [0.1, 0.15) is 25.3 Å². The molecule has 0 aromatic heterocycles. The van der Waals surface area contributed by atoms with E-state index in [1.54, 1.807) is 23.9 Å². The van der Waals surface area contributed by atoms with E-state index in [9.17, 15) is 10.2 Å². The molecule has 1 heterocycles. The molecule has 1 aliphatic heterocycles. The van der Waals surface area contributed by atoms with Gasteiger partial charge >= 0.3 is 0 Å². The van der Waals surface area contributed by atoms with Crippen LogP contribution < -0.4 is 0 Å². The molecule has 0 bridgehead atoms. The first-order chi connectivity index (χ1) is 6.48. The minimum Gasteiger partial charge on any atom is -0.508 e. The van der Waals surface area contributed by atoms with E-state index < -0.39 is 5.60 Å². The summed E-state index contributed by atoms with van der Waals surface area (Å²) in [5.74, 6) is 1.29. The van der Waals surface area contributed by atoms with Crippen molar-refractivity contribution in [3.05, 3.63) is 23.8 Å². The number of benzene rings is 1. The molecule has 1 aromatic rings. The summed E-state index contributed by atoms with van der Waals surface area (Å²) in [6.45, 7) is 3.63. The number of fused-ring (bicyclic) bond motifs is 1. The van der Waals surface area contributed by atoms with E-state index in [1.165, 1.54) is 4.90 Å². The maximum Gasteiger partial charge on any atom is 0.115 e. The average molecular weight is 210 g/mol. The van der Waals surface area contributed by atoms with E-state index >= 15 is 0 Å². The number of aliphatic hydroxyl groups is 1. The Morgan fingerprint density at radius 1 is 1.43 bits per heavy atom. The molecule has 0 saturated heterocycles. The molecular formula is C11H14O2S. The molecule has 1 aromatic carbocycles. The van der Waals surface area contributed by atoms with Gasteiger partial charge in [0.2, 0.25) is 0 Å². The maximum absolute atomic E-state index is 9.96. The van der Waals surface area contributed by atoms with Gasteiger partial charge in [-0.1, -0.05) is 0 Å². The van der Waals surface area contributed by atoms with Crippen molar-refractivity contribution in [3.63, 3.8) is 0 Å². The van der Waals surface area contributed by atoms with Crippen LogP contribution in [0.15, 0.2) is 23.1 Å². The van der Waals surface area contributed by atoms with Crippen LogP contribution in [0, 0.1) is 0 Å². The van der Waals surface area contributed by atoms with Crippen molar-refractivity contribution in [3.8, 4) is 5.75 Å². The van der Waals surface area contributed by atoms with Gasteiger partial charge < -0.3 is 10.2 Å². The van der Waals surface area contributed by atoms with Crippen molar-refractivity contribution in [2.75, 3.05) is 5.75 Å². The molecule has 0 fully saturated rings. The Labute approximate surface area is 88.0 Å². The quantitative estimate of drug-likeness (QED) is 0.747. The van der Waals surface area contributed by atoms with Crippen molar-refractivity contribution in [1.29, 1.82) is 0 Å². The van der Waals surface area contributed by atoms with Crippen LogP contribution in [0.4, 0.5) is 0 Å². The molecule has 0 saturated carbocycles. The van der Waals surface area contributed by atoms with Crippen molar-refractivity contribution in [2.24, 2.45) is 0 Å². The highest BCUT2D eigenvalue weighted by Crippen LogP contribution is 2.45. The maximum atomic E-state index is 9.96. The van der Waals surface area contributed by atoms with E-state index in [4.69, 9.17) is 0 Å². The lowest BCUT2D eigenvalue weighted by atomic mass is 9.86. The molecule has 2 rings (SSSR count). The Bertz CT molecular complexity index is 355. The minimum atomic E-state index is -0.716. The van der Waals surface area contributed by atoms with E-state index in [0.717, 1.165) is 11.3 Å². The molecule has 1 atom stereocenters. The van der Waals surface area contributed by atoms with Crippen LogP contribution in [0.3, 0.4) is 0 Å². The van der Waals surface area contributed by atoms with Gasteiger partial charge in [0.05, 0.1) is 5.60 Å². The fraction of sp³-hybridized carbons (Fsp3) is 0.455. The molecule has 0 spiro atoms. The zero-order chi connectivity index (χ0) is 10.3. The van der Waals surface area contributed by atoms with Gasteiger partial charge in [-0.25, -0.2) is 0 Å². The lowest BCUT2D eigenvalue weighted by Gasteiger charge is -2.25. The summed E-state index contributed by atoms with van der Waals surface area (Å²) in [4.78, 5) is 1.18. The van der Waals surface area contributed by atoms with E-state index in [1.807, 2.05) is 19.9 Å². The largest absolute Gasteiger partial charge is 0.508 e. The summed E-state index contributed by atoms with van der Waals surface area (Å²) in [7, 11) is 0. The van der Waals surface area contributed by atoms with E-state index in [0.29, 0.717) is 0 Å². The van der Waals surface area contributed by atoms with Crippen LogP contribution in [-0.2, 0) is 0 Å². The lowest BCUT2D eigenvalue weighted by molar-refractivity contribution is 0.0578. The molecule has 2 nitrogen and oxygen atoms in total. The highest BCUT2D eigenvalue weighted by atomic mass is 32.2. The second kappa shape index (κ2) is 3.17. The smallest absolute Gasteiger partial charge is 0.115 e. The molecule has 0 aliphatic carbocycles. The first-order valence-corrected chi connectivity index (χ1v) is 5.65. The molecule has 0 radical (unpaired) electrons. The lowest BCUT2D eigenvalue weighted by Crippen LogP contribution is -2.28. The van der Waals surface area contributed by atoms with Gasteiger partial charge in [0.15, 0.2) is 0 Å². The predicted molar refractivity (Wildman–Crippen MR) is 57.9 cm³/mol. The fourth-order valence-corrected chi connectivity index (χ4v) is 3.25. The summed E-state index contributed by atoms with van der Waals surface area (Å²) in [5.41, 5.74) is 0.356. The van der Waals surface area contributed by atoms with Crippen molar-refractivity contribution >= 4 is 11.8 Å². The van der Waals surface area contributed by atoms with Crippen molar-refractivity contribution in [2.45, 2.75) is 30.3 Å². The zero-order valence-electron chi connectivity index (χ0n) is 8.32. The number of thioether (sulfide) groups is 1. The normalized spacial score (nSPS) is 20.9. The third-order valence-electron chi connectivity index (χ3n) is 2.63. The molecule has 3 heteroatoms. The number of phenolic OH excluding ortho intramolecular Hbond substituents is 1. The Hall–Kier alpha value is -0.670. The SMILES string of the molecule is CC(C)(O)C1CSc2ccc(O)cc21. The molecule has 1 aliphatic rings. The third kappa shape index (κ3) is 1.62. The average Bonchev–Trinajstić information content (AvgIpc) is 2.45. The van der Waals surface area contributed by atoms with Gasteiger partial charge in [-0.2, -0.15) is 0 Å². The van der Waals surface area contributed by atoms with E-state index in [2.05, 4.69) is 0 Å².